The van der Waals surface area contributed by atoms with E-state index in [0.717, 1.165) is 10.5 Å². The van der Waals surface area contributed by atoms with Crippen LogP contribution in [0.2, 0.25) is 0 Å². The minimum Gasteiger partial charge on any atom is -0.305 e. The second-order valence-electron chi connectivity index (χ2n) is 4.87. The molecule has 0 fully saturated rings. The molecule has 0 bridgehead atoms. The third kappa shape index (κ3) is 3.17. The van der Waals surface area contributed by atoms with E-state index in [1.165, 1.54) is 0 Å². The van der Waals surface area contributed by atoms with Gasteiger partial charge in [-0.05, 0) is 42.2 Å². The Morgan fingerprint density at radius 2 is 1.96 bits per heavy atom. The van der Waals surface area contributed by atoms with Crippen molar-refractivity contribution in [1.82, 2.24) is 9.97 Å². The maximum atomic E-state index is 12.1. The normalized spacial score (nSPS) is 11.4. The van der Waals surface area contributed by atoms with E-state index in [2.05, 4.69) is 16.0 Å². The van der Waals surface area contributed by atoms with Crippen LogP contribution in [0.25, 0.3) is 22.6 Å². The summed E-state index contributed by atoms with van der Waals surface area (Å²) in [6.45, 7) is 0. The topological polar surface area (TPSA) is 69.5 Å². The Bertz CT molecular complexity index is 982. The second-order valence-corrected chi connectivity index (χ2v) is 5.75. The van der Waals surface area contributed by atoms with Crippen LogP contribution in [0.1, 0.15) is 11.4 Å². The van der Waals surface area contributed by atoms with Crippen LogP contribution in [0.3, 0.4) is 0 Å². The third-order valence-corrected chi connectivity index (χ3v) is 4.16. The van der Waals surface area contributed by atoms with Gasteiger partial charge in [-0.25, -0.2) is 4.98 Å². The van der Waals surface area contributed by atoms with E-state index in [4.69, 9.17) is 0 Å². The molecule has 2 aromatic carbocycles. The molecule has 0 amide bonds. The molecule has 0 spiro atoms. The molecular formula is C18H13N3OS. The zero-order valence-corrected chi connectivity index (χ0v) is 13.2. The summed E-state index contributed by atoms with van der Waals surface area (Å²) in [5, 5.41) is 9.93. The zero-order chi connectivity index (χ0) is 16.2. The summed E-state index contributed by atoms with van der Waals surface area (Å²) < 4.78 is 0. The first kappa shape index (κ1) is 15.1. The molecule has 0 unspecified atom stereocenters. The Labute approximate surface area is 137 Å². The van der Waals surface area contributed by atoms with Crippen molar-refractivity contribution in [3.8, 4) is 6.07 Å². The van der Waals surface area contributed by atoms with Crippen LogP contribution in [-0.4, -0.2) is 16.2 Å². The predicted octanol–water partition coefficient (Wildman–Crippen LogP) is 3.71. The molecule has 1 heterocycles. The minimum atomic E-state index is -0.246. The number of para-hydroxylation sites is 1. The number of hydrogen-bond donors (Lipinski definition) is 1. The van der Waals surface area contributed by atoms with E-state index in [9.17, 15) is 10.1 Å². The maximum absolute atomic E-state index is 12.1. The Morgan fingerprint density at radius 3 is 2.65 bits per heavy atom. The number of nitrogens with zero attached hydrogens (tertiary/aromatic N) is 2. The smallest absolute Gasteiger partial charge is 0.259 e. The van der Waals surface area contributed by atoms with Gasteiger partial charge in [0.05, 0.1) is 16.5 Å². The van der Waals surface area contributed by atoms with E-state index in [1.807, 2.05) is 36.6 Å². The quantitative estimate of drug-likeness (QED) is 0.590. The molecule has 0 aliphatic rings. The second kappa shape index (κ2) is 6.51. The molecule has 4 nitrogen and oxygen atoms in total. The third-order valence-electron chi connectivity index (χ3n) is 3.42. The summed E-state index contributed by atoms with van der Waals surface area (Å²) >= 11 is 1.66. The average Bonchev–Trinajstić information content (AvgIpc) is 2.60. The number of aromatic amines is 1. The highest BCUT2D eigenvalue weighted by Gasteiger charge is 2.08. The molecule has 3 rings (SSSR count). The van der Waals surface area contributed by atoms with E-state index in [0.29, 0.717) is 16.5 Å². The maximum Gasteiger partial charge on any atom is 0.259 e. The van der Waals surface area contributed by atoms with E-state index >= 15 is 0 Å². The van der Waals surface area contributed by atoms with Crippen molar-refractivity contribution >= 4 is 34.3 Å². The van der Waals surface area contributed by atoms with Gasteiger partial charge < -0.3 is 4.98 Å². The molecular weight excluding hydrogens is 306 g/mol. The van der Waals surface area contributed by atoms with Crippen molar-refractivity contribution in [2.45, 2.75) is 4.90 Å². The lowest BCUT2D eigenvalue weighted by atomic mass is 10.1. The lowest BCUT2D eigenvalue weighted by molar-refractivity contribution is 1.13. The average molecular weight is 319 g/mol. The molecule has 5 heteroatoms. The molecule has 0 saturated carbocycles. The van der Waals surface area contributed by atoms with Gasteiger partial charge in [0.15, 0.2) is 5.82 Å². The fourth-order valence-corrected chi connectivity index (χ4v) is 2.64. The molecule has 23 heavy (non-hydrogen) atoms. The number of benzene rings is 2. The molecule has 112 valence electrons. The van der Waals surface area contributed by atoms with Crippen molar-refractivity contribution in [2.75, 3.05) is 6.26 Å². The molecule has 3 aromatic rings. The van der Waals surface area contributed by atoms with Crippen molar-refractivity contribution in [1.29, 1.82) is 5.26 Å². The Hall–Kier alpha value is -2.84. The highest BCUT2D eigenvalue weighted by atomic mass is 32.2. The summed E-state index contributed by atoms with van der Waals surface area (Å²) in [7, 11) is 0. The number of fused-ring (bicyclic) bond motifs is 1. The number of allylic oxidation sites excluding steroid dienone is 1. The lowest BCUT2D eigenvalue weighted by Crippen LogP contribution is -2.11. The standard InChI is InChI=1S/C18H13N3OS/c1-23-14-8-6-12(7-9-14)10-13(11-19)17-20-16-5-3-2-4-15(16)18(22)21-17/h2-10H,1H3,(H,20,21,22). The highest BCUT2D eigenvalue weighted by Crippen LogP contribution is 2.19. The molecule has 0 atom stereocenters. The van der Waals surface area contributed by atoms with Crippen LogP contribution in [0.5, 0.6) is 0 Å². The van der Waals surface area contributed by atoms with E-state index < -0.39 is 0 Å². The van der Waals surface area contributed by atoms with Gasteiger partial charge in [0.1, 0.15) is 6.07 Å². The Balaban J connectivity index is 2.08. The summed E-state index contributed by atoms with van der Waals surface area (Å²) in [6.07, 6.45) is 3.73. The van der Waals surface area contributed by atoms with Crippen LogP contribution in [0.4, 0.5) is 0 Å². The fraction of sp³-hybridized carbons (Fsp3) is 0.0556. The van der Waals surface area contributed by atoms with Crippen LogP contribution < -0.4 is 5.56 Å². The largest absolute Gasteiger partial charge is 0.305 e. The first-order chi connectivity index (χ1) is 11.2. The Kier molecular flexibility index (Phi) is 4.26. The number of nitrogens with one attached hydrogen (secondary N) is 1. The van der Waals surface area contributed by atoms with Gasteiger partial charge in [-0.3, -0.25) is 4.79 Å². The molecule has 0 saturated heterocycles. The minimum absolute atomic E-state index is 0.246. The number of aromatic nitrogens is 2. The van der Waals surface area contributed by atoms with Crippen LogP contribution in [-0.2, 0) is 0 Å². The number of H-pyrrole nitrogens is 1. The SMILES string of the molecule is CSc1ccc(C=C(C#N)c2nc3ccccc3c(=O)[nH]2)cc1. The van der Waals surface area contributed by atoms with Crippen molar-refractivity contribution < 1.29 is 0 Å². The zero-order valence-electron chi connectivity index (χ0n) is 12.4. The van der Waals surface area contributed by atoms with Gasteiger partial charge >= 0.3 is 0 Å². The molecule has 0 radical (unpaired) electrons. The van der Waals surface area contributed by atoms with E-state index in [-0.39, 0.29) is 11.4 Å². The number of thioether (sulfide) groups is 1. The summed E-state index contributed by atoms with van der Waals surface area (Å²) in [4.78, 5) is 20.3. The lowest BCUT2D eigenvalue weighted by Gasteiger charge is -2.02. The van der Waals surface area contributed by atoms with Gasteiger partial charge in [-0.1, -0.05) is 24.3 Å². The number of rotatable bonds is 3. The fourth-order valence-electron chi connectivity index (χ4n) is 2.23. The van der Waals surface area contributed by atoms with E-state index in [1.54, 1.807) is 36.0 Å². The summed E-state index contributed by atoms with van der Waals surface area (Å²) in [5.41, 5.74) is 1.54. The van der Waals surface area contributed by atoms with Gasteiger partial charge in [-0.15, -0.1) is 11.8 Å². The summed E-state index contributed by atoms with van der Waals surface area (Å²) in [6, 6.07) is 17.0. The monoisotopic (exact) mass is 319 g/mol. The van der Waals surface area contributed by atoms with Gasteiger partial charge in [0.2, 0.25) is 0 Å². The molecule has 1 N–H and O–H groups in total. The van der Waals surface area contributed by atoms with Gasteiger partial charge in [-0.2, -0.15) is 5.26 Å². The number of hydrogen-bond acceptors (Lipinski definition) is 4. The number of nitriles is 1. The van der Waals surface area contributed by atoms with Crippen molar-refractivity contribution in [3.63, 3.8) is 0 Å². The highest BCUT2D eigenvalue weighted by molar-refractivity contribution is 7.98. The Morgan fingerprint density at radius 1 is 1.22 bits per heavy atom. The first-order valence-corrected chi connectivity index (χ1v) is 8.19. The molecule has 1 aromatic heterocycles. The van der Waals surface area contributed by atoms with Gasteiger partial charge in [0.25, 0.3) is 5.56 Å². The summed E-state index contributed by atoms with van der Waals surface area (Å²) in [5.74, 6) is 0.283. The molecule has 0 aliphatic carbocycles. The van der Waals surface area contributed by atoms with Crippen molar-refractivity contribution in [3.05, 3.63) is 70.3 Å². The predicted molar refractivity (Wildman–Crippen MR) is 94.1 cm³/mol. The van der Waals surface area contributed by atoms with Crippen LogP contribution in [0.15, 0.2) is 58.2 Å². The van der Waals surface area contributed by atoms with Gasteiger partial charge in [0, 0.05) is 4.90 Å². The van der Waals surface area contributed by atoms with Crippen LogP contribution in [0, 0.1) is 11.3 Å². The van der Waals surface area contributed by atoms with Crippen molar-refractivity contribution in [2.24, 2.45) is 0 Å². The van der Waals surface area contributed by atoms with Crippen LogP contribution >= 0.6 is 11.8 Å². The first-order valence-electron chi connectivity index (χ1n) is 6.96. The molecule has 0 aliphatic heterocycles.